The third kappa shape index (κ3) is 5.58. The topological polar surface area (TPSA) is 84.7 Å². The van der Waals surface area contributed by atoms with E-state index in [1.807, 2.05) is 45.2 Å². The predicted octanol–water partition coefficient (Wildman–Crippen LogP) is 3.77. The average molecular weight is 406 g/mol. The first-order valence-electron chi connectivity index (χ1n) is 9.48. The number of amides is 2. The molecule has 28 heavy (non-hydrogen) atoms. The van der Waals surface area contributed by atoms with Crippen LogP contribution in [0.3, 0.4) is 0 Å². The van der Waals surface area contributed by atoms with Crippen LogP contribution in [0.25, 0.3) is 10.8 Å². The zero-order valence-electron chi connectivity index (χ0n) is 16.8. The van der Waals surface area contributed by atoms with Gasteiger partial charge in [0.15, 0.2) is 10.8 Å². The molecule has 1 N–H and O–H groups in total. The summed E-state index contributed by atoms with van der Waals surface area (Å²) in [5, 5.41) is 5.72. The molecule has 7 nitrogen and oxygen atoms in total. The van der Waals surface area contributed by atoms with Crippen molar-refractivity contribution in [3.05, 3.63) is 29.0 Å². The first kappa shape index (κ1) is 20.4. The molecule has 0 aliphatic carbocycles. The summed E-state index contributed by atoms with van der Waals surface area (Å²) >= 11 is 1.47. The zero-order chi connectivity index (χ0) is 20.3. The molecule has 2 aromatic rings. The van der Waals surface area contributed by atoms with Gasteiger partial charge < -0.3 is 19.4 Å². The lowest BCUT2D eigenvalue weighted by Crippen LogP contribution is -2.48. The molecule has 0 aromatic carbocycles. The van der Waals surface area contributed by atoms with E-state index in [2.05, 4.69) is 10.3 Å². The Morgan fingerprint density at radius 2 is 2.04 bits per heavy atom. The number of piperidine rings is 1. The Hall–Kier alpha value is -2.35. The van der Waals surface area contributed by atoms with Gasteiger partial charge in [0.1, 0.15) is 11.4 Å². The van der Waals surface area contributed by atoms with Crippen LogP contribution >= 0.6 is 11.3 Å². The standard InChI is InChI=1S/C20H27N3O4S/c1-13-5-6-16(26-13)18-22-15(12-28-18)11-17(24)21-14-7-9-23(10-8-14)19(25)27-20(2,3)4/h5-6,12,14H,7-11H2,1-4H3,(H,21,24). The summed E-state index contributed by atoms with van der Waals surface area (Å²) in [7, 11) is 0. The van der Waals surface area contributed by atoms with E-state index < -0.39 is 5.60 Å². The molecule has 0 bridgehead atoms. The Balaban J connectivity index is 1.45. The number of nitrogens with zero attached hydrogens (tertiary/aromatic N) is 2. The molecule has 0 atom stereocenters. The van der Waals surface area contributed by atoms with E-state index in [4.69, 9.17) is 9.15 Å². The van der Waals surface area contributed by atoms with Crippen LogP contribution in [0.1, 0.15) is 45.1 Å². The van der Waals surface area contributed by atoms with Crippen molar-refractivity contribution < 1.29 is 18.7 Å². The normalized spacial score (nSPS) is 15.5. The highest BCUT2D eigenvalue weighted by Gasteiger charge is 2.27. The van der Waals surface area contributed by atoms with Crippen molar-refractivity contribution in [2.24, 2.45) is 0 Å². The molecule has 3 heterocycles. The number of aryl methyl sites for hydroxylation is 1. The predicted molar refractivity (Wildman–Crippen MR) is 107 cm³/mol. The Kier molecular flexibility index (Phi) is 6.07. The highest BCUT2D eigenvalue weighted by atomic mass is 32.1. The number of hydrogen-bond donors (Lipinski definition) is 1. The minimum absolute atomic E-state index is 0.0526. The second kappa shape index (κ2) is 8.34. The fourth-order valence-corrected chi connectivity index (χ4v) is 3.81. The van der Waals surface area contributed by atoms with E-state index in [1.165, 1.54) is 11.3 Å². The molecular formula is C20H27N3O4S. The number of likely N-dealkylation sites (tertiary alicyclic amines) is 1. The fraction of sp³-hybridized carbons (Fsp3) is 0.550. The van der Waals surface area contributed by atoms with Crippen LogP contribution < -0.4 is 5.32 Å². The molecule has 1 saturated heterocycles. The van der Waals surface area contributed by atoms with Gasteiger partial charge in [0.25, 0.3) is 0 Å². The minimum atomic E-state index is -0.497. The third-order valence-corrected chi connectivity index (χ3v) is 5.26. The summed E-state index contributed by atoms with van der Waals surface area (Å²) in [5.74, 6) is 1.51. The third-order valence-electron chi connectivity index (χ3n) is 4.36. The molecule has 152 valence electrons. The monoisotopic (exact) mass is 405 g/mol. The summed E-state index contributed by atoms with van der Waals surface area (Å²) in [6.07, 6.45) is 1.39. The van der Waals surface area contributed by atoms with Gasteiger partial charge in [-0.05, 0) is 52.7 Å². The lowest BCUT2D eigenvalue weighted by molar-refractivity contribution is -0.121. The van der Waals surface area contributed by atoms with Gasteiger partial charge in [-0.25, -0.2) is 9.78 Å². The van der Waals surface area contributed by atoms with E-state index in [0.29, 0.717) is 13.1 Å². The van der Waals surface area contributed by atoms with Gasteiger partial charge in [-0.3, -0.25) is 4.79 Å². The summed E-state index contributed by atoms with van der Waals surface area (Å²) in [4.78, 5) is 30.7. The van der Waals surface area contributed by atoms with Crippen molar-refractivity contribution >= 4 is 23.3 Å². The molecule has 1 fully saturated rings. The van der Waals surface area contributed by atoms with Gasteiger partial charge in [-0.15, -0.1) is 11.3 Å². The van der Waals surface area contributed by atoms with Gasteiger partial charge in [0, 0.05) is 24.5 Å². The fourth-order valence-electron chi connectivity index (χ4n) is 3.03. The molecule has 0 spiro atoms. The molecule has 1 aliphatic rings. The molecule has 3 rings (SSSR count). The lowest BCUT2D eigenvalue weighted by atomic mass is 10.1. The minimum Gasteiger partial charge on any atom is -0.459 e. The van der Waals surface area contributed by atoms with Crippen molar-refractivity contribution in [1.29, 1.82) is 0 Å². The quantitative estimate of drug-likeness (QED) is 0.837. The molecule has 0 radical (unpaired) electrons. The number of ether oxygens (including phenoxy) is 1. The van der Waals surface area contributed by atoms with Crippen molar-refractivity contribution in [2.45, 2.75) is 58.6 Å². The van der Waals surface area contributed by atoms with Crippen molar-refractivity contribution in [3.63, 3.8) is 0 Å². The number of thiazole rings is 1. The van der Waals surface area contributed by atoms with Gasteiger partial charge >= 0.3 is 6.09 Å². The highest BCUT2D eigenvalue weighted by Crippen LogP contribution is 2.25. The molecule has 2 amide bonds. The van der Waals surface area contributed by atoms with Crippen LogP contribution in [0.15, 0.2) is 21.9 Å². The SMILES string of the molecule is Cc1ccc(-c2nc(CC(=O)NC3CCN(C(=O)OC(C)(C)C)CC3)cs2)o1. The van der Waals surface area contributed by atoms with Crippen molar-refractivity contribution in [2.75, 3.05) is 13.1 Å². The van der Waals surface area contributed by atoms with E-state index in [9.17, 15) is 9.59 Å². The first-order chi connectivity index (χ1) is 13.2. The summed E-state index contributed by atoms with van der Waals surface area (Å²) in [6.45, 7) is 8.62. The lowest BCUT2D eigenvalue weighted by Gasteiger charge is -2.33. The van der Waals surface area contributed by atoms with Crippen LogP contribution in [0, 0.1) is 6.92 Å². The van der Waals surface area contributed by atoms with Gasteiger partial charge in [-0.2, -0.15) is 0 Å². The Bertz CT molecular complexity index is 829. The zero-order valence-corrected chi connectivity index (χ0v) is 17.6. The Morgan fingerprint density at radius 1 is 1.32 bits per heavy atom. The number of nitrogens with one attached hydrogen (secondary N) is 1. The molecule has 8 heteroatoms. The van der Waals surface area contributed by atoms with Gasteiger partial charge in [-0.1, -0.05) is 0 Å². The van der Waals surface area contributed by atoms with Crippen LogP contribution in [0.4, 0.5) is 4.79 Å². The Labute approximate surface area is 169 Å². The smallest absolute Gasteiger partial charge is 0.410 e. The maximum Gasteiger partial charge on any atom is 0.410 e. The molecule has 1 aliphatic heterocycles. The maximum absolute atomic E-state index is 12.4. The van der Waals surface area contributed by atoms with Crippen LogP contribution in [-0.4, -0.2) is 46.6 Å². The van der Waals surface area contributed by atoms with Gasteiger partial charge in [0.05, 0.1) is 12.1 Å². The second-order valence-corrected chi connectivity index (χ2v) is 8.90. The highest BCUT2D eigenvalue weighted by molar-refractivity contribution is 7.13. The second-order valence-electron chi connectivity index (χ2n) is 8.04. The number of furan rings is 1. The summed E-state index contributed by atoms with van der Waals surface area (Å²) < 4.78 is 11.0. The average Bonchev–Trinajstić information content (AvgIpc) is 3.22. The van der Waals surface area contributed by atoms with Crippen LogP contribution in [-0.2, 0) is 16.0 Å². The number of aromatic nitrogens is 1. The number of carbonyl (C=O) groups excluding carboxylic acids is 2. The molecule has 2 aromatic heterocycles. The van der Waals surface area contributed by atoms with Crippen molar-refractivity contribution in [1.82, 2.24) is 15.2 Å². The first-order valence-corrected chi connectivity index (χ1v) is 10.4. The van der Waals surface area contributed by atoms with E-state index >= 15 is 0 Å². The molecular weight excluding hydrogens is 378 g/mol. The number of hydrogen-bond acceptors (Lipinski definition) is 6. The van der Waals surface area contributed by atoms with Crippen molar-refractivity contribution in [3.8, 4) is 10.8 Å². The van der Waals surface area contributed by atoms with Gasteiger partial charge in [0.2, 0.25) is 5.91 Å². The van der Waals surface area contributed by atoms with Crippen LogP contribution in [0.2, 0.25) is 0 Å². The summed E-state index contributed by atoms with van der Waals surface area (Å²) in [6, 6.07) is 3.85. The number of carbonyl (C=O) groups is 2. The molecule has 0 unspecified atom stereocenters. The largest absolute Gasteiger partial charge is 0.459 e. The Morgan fingerprint density at radius 3 is 2.64 bits per heavy atom. The molecule has 0 saturated carbocycles. The van der Waals surface area contributed by atoms with E-state index in [0.717, 1.165) is 35.1 Å². The van der Waals surface area contributed by atoms with E-state index in [-0.39, 0.29) is 24.5 Å². The van der Waals surface area contributed by atoms with Crippen LogP contribution in [0.5, 0.6) is 0 Å². The number of rotatable bonds is 4. The van der Waals surface area contributed by atoms with E-state index in [1.54, 1.807) is 4.90 Å². The summed E-state index contributed by atoms with van der Waals surface area (Å²) in [5.41, 5.74) is 0.237. The maximum atomic E-state index is 12.4.